The Hall–Kier alpha value is -4.28. The number of ether oxygens (including phenoxy) is 3. The molecule has 3 aliphatic heterocycles. The van der Waals surface area contributed by atoms with E-state index in [2.05, 4.69) is 5.32 Å². The van der Waals surface area contributed by atoms with Gasteiger partial charge in [0.1, 0.15) is 12.4 Å². The predicted molar refractivity (Wildman–Crippen MR) is 165 cm³/mol. The Morgan fingerprint density at radius 2 is 1.86 bits per heavy atom. The average molecular weight is 597 g/mol. The molecule has 220 valence electrons. The number of hydrogen-bond donors (Lipinski definition) is 1. The van der Waals surface area contributed by atoms with Crippen LogP contribution < -0.4 is 19.7 Å². The number of thioether (sulfide) groups is 1. The summed E-state index contributed by atoms with van der Waals surface area (Å²) in [5.74, 6) is 1.76. The smallest absolute Gasteiger partial charge is 0.240 e. The summed E-state index contributed by atoms with van der Waals surface area (Å²) < 4.78 is 18.8. The summed E-state index contributed by atoms with van der Waals surface area (Å²) in [4.78, 5) is 28.9. The molecule has 0 saturated carbocycles. The van der Waals surface area contributed by atoms with Crippen molar-refractivity contribution in [3.05, 3.63) is 89.5 Å². The van der Waals surface area contributed by atoms with Crippen molar-refractivity contribution in [2.24, 2.45) is 0 Å². The maximum atomic E-state index is 13.9. The van der Waals surface area contributed by atoms with Gasteiger partial charge < -0.3 is 19.5 Å². The third-order valence-corrected chi connectivity index (χ3v) is 9.22. The number of fused-ring (bicyclic) bond motifs is 2. The molecule has 1 aromatic heterocycles. The van der Waals surface area contributed by atoms with Crippen molar-refractivity contribution in [2.45, 2.75) is 31.1 Å². The number of hydrogen-bond acceptors (Lipinski definition) is 7. The van der Waals surface area contributed by atoms with Gasteiger partial charge in [-0.05, 0) is 49.6 Å². The van der Waals surface area contributed by atoms with Crippen molar-refractivity contribution in [1.29, 1.82) is 0 Å². The largest absolute Gasteiger partial charge is 0.454 e. The number of nitrogens with zero attached hydrogens (tertiary/aromatic N) is 3. The van der Waals surface area contributed by atoms with E-state index in [0.29, 0.717) is 30.5 Å². The van der Waals surface area contributed by atoms with Crippen molar-refractivity contribution in [3.8, 4) is 28.4 Å². The molecule has 2 amide bonds. The number of amides is 2. The van der Waals surface area contributed by atoms with Crippen molar-refractivity contribution in [2.75, 3.05) is 37.1 Å². The molecule has 2 atom stereocenters. The molecule has 0 bridgehead atoms. The summed E-state index contributed by atoms with van der Waals surface area (Å²) in [6.45, 7) is 3.22. The van der Waals surface area contributed by atoms with Crippen molar-refractivity contribution < 1.29 is 23.8 Å². The summed E-state index contributed by atoms with van der Waals surface area (Å²) in [6.07, 6.45) is 1.92. The summed E-state index contributed by atoms with van der Waals surface area (Å²) >= 11 is 1.53. The van der Waals surface area contributed by atoms with E-state index >= 15 is 0 Å². The van der Waals surface area contributed by atoms with Crippen LogP contribution in [-0.2, 0) is 14.3 Å². The number of carbonyl (C=O) groups is 2. The van der Waals surface area contributed by atoms with Gasteiger partial charge in [0.2, 0.25) is 18.6 Å². The van der Waals surface area contributed by atoms with Gasteiger partial charge in [-0.3, -0.25) is 14.5 Å². The second-order valence-electron chi connectivity index (χ2n) is 10.9. The molecule has 1 saturated heterocycles. The SMILES string of the molecule is Cc1ccc(-n2nc(-c3ccccc3)c3c2N(CC(=O)NCC2CCCO2)C(=O)CSC3c2ccc3c(c2)OCO3)cc1. The Morgan fingerprint density at radius 1 is 1.05 bits per heavy atom. The fraction of sp³-hybridized carbons (Fsp3) is 0.303. The molecular formula is C33H32N4O5S. The molecule has 2 unspecified atom stereocenters. The molecule has 43 heavy (non-hydrogen) atoms. The molecule has 1 N–H and O–H groups in total. The Labute approximate surface area is 254 Å². The van der Waals surface area contributed by atoms with Gasteiger partial charge in [0.25, 0.3) is 0 Å². The Balaban J connectivity index is 1.38. The fourth-order valence-electron chi connectivity index (χ4n) is 5.77. The molecule has 9 nitrogen and oxygen atoms in total. The van der Waals surface area contributed by atoms with E-state index in [1.165, 1.54) is 11.8 Å². The highest BCUT2D eigenvalue weighted by Gasteiger charge is 2.38. The molecular weight excluding hydrogens is 564 g/mol. The average Bonchev–Trinajstić information content (AvgIpc) is 3.79. The van der Waals surface area contributed by atoms with Crippen LogP contribution in [0.25, 0.3) is 16.9 Å². The Bertz CT molecular complexity index is 1650. The van der Waals surface area contributed by atoms with Crippen LogP contribution in [0.2, 0.25) is 0 Å². The molecule has 0 radical (unpaired) electrons. The molecule has 4 heterocycles. The van der Waals surface area contributed by atoms with E-state index in [-0.39, 0.29) is 42.3 Å². The van der Waals surface area contributed by atoms with Crippen molar-refractivity contribution in [3.63, 3.8) is 0 Å². The minimum atomic E-state index is -0.261. The van der Waals surface area contributed by atoms with E-state index in [1.807, 2.05) is 84.4 Å². The molecule has 3 aromatic carbocycles. The summed E-state index contributed by atoms with van der Waals surface area (Å²) in [5.41, 5.74) is 5.43. The lowest BCUT2D eigenvalue weighted by molar-refractivity contribution is -0.123. The highest BCUT2D eigenvalue weighted by atomic mass is 32.2. The molecule has 4 aromatic rings. The van der Waals surface area contributed by atoms with Crippen LogP contribution >= 0.6 is 11.8 Å². The first-order chi connectivity index (χ1) is 21.0. The minimum Gasteiger partial charge on any atom is -0.454 e. The highest BCUT2D eigenvalue weighted by Crippen LogP contribution is 2.50. The number of aryl methyl sites for hydroxylation is 1. The minimum absolute atomic E-state index is 0.00746. The van der Waals surface area contributed by atoms with Crippen LogP contribution in [0.5, 0.6) is 11.5 Å². The first-order valence-electron chi connectivity index (χ1n) is 14.5. The predicted octanol–water partition coefficient (Wildman–Crippen LogP) is 5.04. The normalized spacial score (nSPS) is 19.3. The van der Waals surface area contributed by atoms with Crippen molar-refractivity contribution >= 4 is 29.4 Å². The zero-order valence-corrected chi connectivity index (χ0v) is 24.6. The fourth-order valence-corrected chi connectivity index (χ4v) is 6.95. The summed E-state index contributed by atoms with van der Waals surface area (Å²) in [7, 11) is 0. The third-order valence-electron chi connectivity index (χ3n) is 7.97. The zero-order valence-electron chi connectivity index (χ0n) is 23.8. The monoisotopic (exact) mass is 596 g/mol. The van der Waals surface area contributed by atoms with Gasteiger partial charge in [-0.25, -0.2) is 4.68 Å². The molecule has 0 spiro atoms. The van der Waals surface area contributed by atoms with E-state index in [0.717, 1.165) is 46.5 Å². The van der Waals surface area contributed by atoms with Crippen molar-refractivity contribution in [1.82, 2.24) is 15.1 Å². The lowest BCUT2D eigenvalue weighted by Gasteiger charge is -2.23. The second-order valence-corrected chi connectivity index (χ2v) is 12.0. The first kappa shape index (κ1) is 27.5. The molecule has 3 aliphatic rings. The van der Waals surface area contributed by atoms with Crippen LogP contribution in [0.3, 0.4) is 0 Å². The zero-order chi connectivity index (χ0) is 29.3. The van der Waals surface area contributed by atoms with Gasteiger partial charge in [0, 0.05) is 24.3 Å². The molecule has 7 rings (SSSR count). The number of anilines is 1. The number of benzene rings is 3. The van der Waals surface area contributed by atoms with E-state index < -0.39 is 0 Å². The maximum Gasteiger partial charge on any atom is 0.240 e. The lowest BCUT2D eigenvalue weighted by atomic mass is 9.99. The van der Waals surface area contributed by atoms with Crippen LogP contribution in [-0.4, -0.2) is 59.9 Å². The standard InChI is InChI=1S/C33H32N4O5S/c1-21-9-12-24(13-10-21)37-33-30(31(35-37)22-6-3-2-4-7-22)32(23-11-14-26-27(16-23)42-20-41-26)43-19-29(39)36(33)18-28(38)34-17-25-8-5-15-40-25/h2-4,6-7,9-14,16,25,32H,5,8,15,17-20H2,1H3,(H,34,38). The molecule has 1 fully saturated rings. The number of aromatic nitrogens is 2. The topological polar surface area (TPSA) is 94.9 Å². The maximum absolute atomic E-state index is 13.9. The van der Waals surface area contributed by atoms with Crippen LogP contribution in [0.4, 0.5) is 5.82 Å². The van der Waals surface area contributed by atoms with E-state index in [9.17, 15) is 9.59 Å². The second kappa shape index (κ2) is 11.8. The van der Waals surface area contributed by atoms with E-state index in [4.69, 9.17) is 19.3 Å². The molecule has 0 aliphatic carbocycles. The summed E-state index contributed by atoms with van der Waals surface area (Å²) in [5, 5.41) is 7.89. The number of carbonyl (C=O) groups excluding carboxylic acids is 2. The first-order valence-corrected chi connectivity index (χ1v) is 15.6. The van der Waals surface area contributed by atoms with Gasteiger partial charge in [-0.1, -0.05) is 54.1 Å². The van der Waals surface area contributed by atoms with Crippen LogP contribution in [0.15, 0.2) is 72.8 Å². The number of rotatable bonds is 7. The van der Waals surface area contributed by atoms with Crippen LogP contribution in [0.1, 0.15) is 34.8 Å². The highest BCUT2D eigenvalue weighted by molar-refractivity contribution is 8.00. The molecule has 10 heteroatoms. The Morgan fingerprint density at radius 3 is 2.65 bits per heavy atom. The quantitative estimate of drug-likeness (QED) is 0.319. The summed E-state index contributed by atoms with van der Waals surface area (Å²) in [6, 6.07) is 23.9. The lowest BCUT2D eigenvalue weighted by Crippen LogP contribution is -2.44. The van der Waals surface area contributed by atoms with Crippen LogP contribution in [0, 0.1) is 6.92 Å². The third kappa shape index (κ3) is 5.48. The van der Waals surface area contributed by atoms with Gasteiger partial charge in [-0.15, -0.1) is 11.8 Å². The number of nitrogens with one attached hydrogen (secondary N) is 1. The van der Waals surface area contributed by atoms with Gasteiger partial charge in [0.05, 0.1) is 28.5 Å². The van der Waals surface area contributed by atoms with Gasteiger partial charge >= 0.3 is 0 Å². The van der Waals surface area contributed by atoms with Gasteiger partial charge in [0.15, 0.2) is 11.5 Å². The van der Waals surface area contributed by atoms with E-state index in [1.54, 1.807) is 4.90 Å². The Kier molecular flexibility index (Phi) is 7.54. The van der Waals surface area contributed by atoms with Gasteiger partial charge in [-0.2, -0.15) is 5.10 Å².